The van der Waals surface area contributed by atoms with Gasteiger partial charge in [0.05, 0.1) is 0 Å². The van der Waals surface area contributed by atoms with Gasteiger partial charge in [0.25, 0.3) is 0 Å². The molecule has 0 amide bonds. The number of rotatable bonds is 4. The van der Waals surface area contributed by atoms with Gasteiger partial charge in [-0.1, -0.05) is 60.1 Å². The first-order chi connectivity index (χ1) is 9.62. The Kier molecular flexibility index (Phi) is 6.19. The molecule has 0 N–H and O–H groups in total. The largest absolute Gasteiger partial charge is 0.103 e. The van der Waals surface area contributed by atoms with Gasteiger partial charge in [-0.2, -0.15) is 0 Å². The third kappa shape index (κ3) is 3.69. The molecule has 2 unspecified atom stereocenters. The number of hydrogen-bond acceptors (Lipinski definition) is 0. The predicted molar refractivity (Wildman–Crippen MR) is 98.5 cm³/mol. The Balaban J connectivity index is 2.07. The Hall–Kier alpha value is 0.210. The number of hydrogen-bond donors (Lipinski definition) is 0. The molecule has 0 aromatic rings. The van der Waals surface area contributed by atoms with Gasteiger partial charge < -0.3 is 0 Å². The summed E-state index contributed by atoms with van der Waals surface area (Å²) >= 11 is 2.81. The normalized spacial score (nSPS) is 35.1. The standard InChI is InChI=1S/C19H31I/c1-4-7-18-13-12-17(14-19(18,20)6-3)16-10-8-15(5-2)9-11-16/h5,15,18H,2,4,6-14H2,1,3H3. The van der Waals surface area contributed by atoms with Crippen LogP contribution in [0.5, 0.6) is 0 Å². The third-order valence-corrected chi connectivity index (χ3v) is 7.75. The van der Waals surface area contributed by atoms with Gasteiger partial charge in [-0.3, -0.25) is 0 Å². The van der Waals surface area contributed by atoms with Crippen molar-refractivity contribution in [1.82, 2.24) is 0 Å². The second-order valence-electron chi connectivity index (χ2n) is 6.87. The number of alkyl halides is 1. The zero-order chi connectivity index (χ0) is 14.6. The molecule has 0 nitrogen and oxygen atoms in total. The van der Waals surface area contributed by atoms with Crippen molar-refractivity contribution < 1.29 is 0 Å². The predicted octanol–water partition coefficient (Wildman–Crippen LogP) is 6.84. The number of halogens is 1. The van der Waals surface area contributed by atoms with Crippen LogP contribution < -0.4 is 0 Å². The van der Waals surface area contributed by atoms with Crippen molar-refractivity contribution in [2.45, 2.75) is 81.5 Å². The highest BCUT2D eigenvalue weighted by Gasteiger charge is 2.38. The van der Waals surface area contributed by atoms with Crippen molar-refractivity contribution >= 4 is 22.6 Å². The maximum absolute atomic E-state index is 3.97. The van der Waals surface area contributed by atoms with Gasteiger partial charge in [0, 0.05) is 3.42 Å². The van der Waals surface area contributed by atoms with Crippen molar-refractivity contribution in [2.75, 3.05) is 0 Å². The van der Waals surface area contributed by atoms with E-state index >= 15 is 0 Å². The van der Waals surface area contributed by atoms with Crippen LogP contribution >= 0.6 is 22.6 Å². The zero-order valence-corrected chi connectivity index (χ0v) is 15.5. The van der Waals surface area contributed by atoms with Crippen LogP contribution in [0.15, 0.2) is 23.8 Å². The van der Waals surface area contributed by atoms with Crippen LogP contribution in [-0.4, -0.2) is 3.42 Å². The van der Waals surface area contributed by atoms with E-state index in [1.54, 1.807) is 0 Å². The molecule has 2 aliphatic carbocycles. The topological polar surface area (TPSA) is 0 Å². The van der Waals surface area contributed by atoms with Gasteiger partial charge in [-0.25, -0.2) is 0 Å². The minimum Gasteiger partial charge on any atom is -0.103 e. The molecule has 0 aliphatic heterocycles. The van der Waals surface area contributed by atoms with E-state index in [0.717, 1.165) is 11.8 Å². The summed E-state index contributed by atoms with van der Waals surface area (Å²) in [5, 5.41) is 0. The van der Waals surface area contributed by atoms with Gasteiger partial charge >= 0.3 is 0 Å². The van der Waals surface area contributed by atoms with E-state index < -0.39 is 0 Å². The Morgan fingerprint density at radius 3 is 2.35 bits per heavy atom. The average molecular weight is 386 g/mol. The maximum Gasteiger partial charge on any atom is 0.0285 e. The van der Waals surface area contributed by atoms with Crippen LogP contribution in [-0.2, 0) is 0 Å². The van der Waals surface area contributed by atoms with Crippen LogP contribution in [0.3, 0.4) is 0 Å². The van der Waals surface area contributed by atoms with E-state index in [4.69, 9.17) is 0 Å². The van der Waals surface area contributed by atoms with Gasteiger partial charge in [0.1, 0.15) is 0 Å². The van der Waals surface area contributed by atoms with Crippen molar-refractivity contribution in [2.24, 2.45) is 11.8 Å². The molecule has 0 aromatic heterocycles. The first kappa shape index (κ1) is 16.6. The van der Waals surface area contributed by atoms with Crippen LogP contribution in [0.25, 0.3) is 0 Å². The lowest BCUT2D eigenvalue weighted by atomic mass is 9.71. The average Bonchev–Trinajstić information content (AvgIpc) is 2.50. The van der Waals surface area contributed by atoms with E-state index in [1.807, 2.05) is 11.1 Å². The molecule has 2 aliphatic rings. The van der Waals surface area contributed by atoms with E-state index in [0.29, 0.717) is 3.42 Å². The Bertz CT molecular complexity index is 358. The molecular weight excluding hydrogens is 355 g/mol. The minimum absolute atomic E-state index is 0.545. The van der Waals surface area contributed by atoms with Gasteiger partial charge in [0.15, 0.2) is 0 Å². The zero-order valence-electron chi connectivity index (χ0n) is 13.4. The summed E-state index contributed by atoms with van der Waals surface area (Å²) < 4.78 is 0.545. The molecule has 2 saturated carbocycles. The Labute approximate surface area is 139 Å². The summed E-state index contributed by atoms with van der Waals surface area (Å²) in [6.45, 7) is 8.72. The molecule has 0 bridgehead atoms. The second kappa shape index (κ2) is 7.47. The first-order valence-corrected chi connectivity index (χ1v) is 9.72. The third-order valence-electron chi connectivity index (χ3n) is 5.73. The monoisotopic (exact) mass is 386 g/mol. The highest BCUT2D eigenvalue weighted by atomic mass is 127. The van der Waals surface area contributed by atoms with Gasteiger partial charge in [-0.15, -0.1) is 6.58 Å². The lowest BCUT2D eigenvalue weighted by molar-refractivity contribution is 0.299. The fourth-order valence-corrected chi connectivity index (χ4v) is 5.32. The second-order valence-corrected chi connectivity index (χ2v) is 9.02. The van der Waals surface area contributed by atoms with Crippen LogP contribution in [0.4, 0.5) is 0 Å². The summed E-state index contributed by atoms with van der Waals surface area (Å²) in [6, 6.07) is 0. The van der Waals surface area contributed by atoms with E-state index in [1.165, 1.54) is 64.2 Å². The molecule has 114 valence electrons. The quantitative estimate of drug-likeness (QED) is 0.282. The maximum atomic E-state index is 3.97. The lowest BCUT2D eigenvalue weighted by Crippen LogP contribution is -2.35. The SMILES string of the molecule is C=CC1CCC(=C2CCC(CCC)C(I)(CC)C2)CC1. The molecule has 0 spiro atoms. The van der Waals surface area contributed by atoms with Gasteiger partial charge in [-0.05, 0) is 69.6 Å². The van der Waals surface area contributed by atoms with E-state index in [-0.39, 0.29) is 0 Å². The van der Waals surface area contributed by atoms with Crippen LogP contribution in [0, 0.1) is 11.8 Å². The molecule has 2 fully saturated rings. The molecule has 0 radical (unpaired) electrons. The molecule has 2 rings (SSSR count). The highest BCUT2D eigenvalue weighted by Crippen LogP contribution is 2.49. The van der Waals surface area contributed by atoms with Crippen molar-refractivity contribution in [3.8, 4) is 0 Å². The molecule has 0 heterocycles. The summed E-state index contributed by atoms with van der Waals surface area (Å²) in [7, 11) is 0. The molecule has 2 atom stereocenters. The Morgan fingerprint density at radius 1 is 1.15 bits per heavy atom. The summed E-state index contributed by atoms with van der Waals surface area (Å²) in [6.07, 6.45) is 15.9. The molecule has 0 saturated heterocycles. The fourth-order valence-electron chi connectivity index (χ4n) is 4.24. The lowest BCUT2D eigenvalue weighted by Gasteiger charge is -2.42. The van der Waals surface area contributed by atoms with E-state index in [2.05, 4.69) is 49.1 Å². The number of allylic oxidation sites excluding steroid dienone is 3. The van der Waals surface area contributed by atoms with Crippen molar-refractivity contribution in [3.63, 3.8) is 0 Å². The first-order valence-electron chi connectivity index (χ1n) is 8.64. The summed E-state index contributed by atoms with van der Waals surface area (Å²) in [5.74, 6) is 1.73. The highest BCUT2D eigenvalue weighted by molar-refractivity contribution is 14.1. The van der Waals surface area contributed by atoms with Gasteiger partial charge in [0.2, 0.25) is 0 Å². The Morgan fingerprint density at radius 2 is 1.80 bits per heavy atom. The molecular formula is C19H31I. The summed E-state index contributed by atoms with van der Waals surface area (Å²) in [5.41, 5.74) is 3.67. The van der Waals surface area contributed by atoms with Crippen molar-refractivity contribution in [1.29, 1.82) is 0 Å². The minimum atomic E-state index is 0.545. The van der Waals surface area contributed by atoms with Crippen molar-refractivity contribution in [3.05, 3.63) is 23.8 Å². The van der Waals surface area contributed by atoms with Crippen LogP contribution in [0.1, 0.15) is 78.1 Å². The molecule has 0 aromatic carbocycles. The van der Waals surface area contributed by atoms with Crippen LogP contribution in [0.2, 0.25) is 0 Å². The van der Waals surface area contributed by atoms with E-state index in [9.17, 15) is 0 Å². The smallest absolute Gasteiger partial charge is 0.0285 e. The summed E-state index contributed by atoms with van der Waals surface area (Å²) in [4.78, 5) is 0. The fraction of sp³-hybridized carbons (Fsp3) is 0.789. The molecule has 20 heavy (non-hydrogen) atoms. The molecule has 1 heteroatoms.